The van der Waals surface area contributed by atoms with Gasteiger partial charge in [-0.2, -0.15) is 0 Å². The van der Waals surface area contributed by atoms with E-state index in [4.69, 9.17) is 5.73 Å². The topological polar surface area (TPSA) is 38.0 Å². The van der Waals surface area contributed by atoms with E-state index in [9.17, 15) is 0 Å². The van der Waals surface area contributed by atoms with Crippen molar-refractivity contribution in [3.63, 3.8) is 0 Å². The minimum Gasteiger partial charge on any atom is -0.327 e. The lowest BCUT2D eigenvalue weighted by atomic mass is 9.87. The highest BCUT2D eigenvalue weighted by atomic mass is 14.9. The van der Waals surface area contributed by atoms with Gasteiger partial charge in [-0.3, -0.25) is 0 Å². The Bertz CT molecular complexity index is 322. The van der Waals surface area contributed by atoms with Gasteiger partial charge in [0.25, 0.3) is 0 Å². The molecule has 1 aliphatic rings. The molecule has 0 radical (unpaired) electrons. The fourth-order valence-corrected chi connectivity index (χ4v) is 2.29. The summed E-state index contributed by atoms with van der Waals surface area (Å²) in [6.45, 7) is 4.32. The number of piperidine rings is 1. The average molecular weight is 204 g/mol. The summed E-state index contributed by atoms with van der Waals surface area (Å²) in [5.74, 6) is 0.597. The summed E-state index contributed by atoms with van der Waals surface area (Å²) in [4.78, 5) is 0. The molecule has 2 nitrogen and oxygen atoms in total. The number of aryl methyl sites for hydroxylation is 1. The fourth-order valence-electron chi connectivity index (χ4n) is 2.29. The first-order valence-corrected chi connectivity index (χ1v) is 5.78. The van der Waals surface area contributed by atoms with Crippen molar-refractivity contribution in [1.82, 2.24) is 5.32 Å². The predicted molar refractivity (Wildman–Crippen MR) is 63.8 cm³/mol. The Morgan fingerprint density at radius 3 is 2.93 bits per heavy atom. The normalized spacial score (nSPS) is 26.5. The van der Waals surface area contributed by atoms with E-state index in [0.717, 1.165) is 25.9 Å². The molecular weight excluding hydrogens is 184 g/mol. The third-order valence-corrected chi connectivity index (χ3v) is 3.41. The Labute approximate surface area is 91.9 Å². The standard InChI is InChI=1S/C13H20N2/c1-10-4-2-3-5-11(10)8-12-9-15-7-6-13(12)14/h2-5,12-13,15H,6-9,14H2,1H3. The number of nitrogens with two attached hydrogens (primary N) is 1. The summed E-state index contributed by atoms with van der Waals surface area (Å²) in [7, 11) is 0. The highest BCUT2D eigenvalue weighted by molar-refractivity contribution is 5.26. The SMILES string of the molecule is Cc1ccccc1CC1CNCCC1N. The van der Waals surface area contributed by atoms with E-state index in [0.29, 0.717) is 12.0 Å². The Hall–Kier alpha value is -0.860. The van der Waals surface area contributed by atoms with Crippen LogP contribution < -0.4 is 11.1 Å². The Kier molecular flexibility index (Phi) is 3.39. The van der Waals surface area contributed by atoms with Crippen molar-refractivity contribution in [2.24, 2.45) is 11.7 Å². The molecule has 1 aliphatic heterocycles. The lowest BCUT2D eigenvalue weighted by Crippen LogP contribution is -2.45. The molecule has 0 bridgehead atoms. The van der Waals surface area contributed by atoms with E-state index in [1.807, 2.05) is 0 Å². The first-order chi connectivity index (χ1) is 7.27. The molecule has 82 valence electrons. The largest absolute Gasteiger partial charge is 0.327 e. The molecule has 2 unspecified atom stereocenters. The monoisotopic (exact) mass is 204 g/mol. The van der Waals surface area contributed by atoms with Gasteiger partial charge in [0, 0.05) is 6.04 Å². The van der Waals surface area contributed by atoms with Crippen LogP contribution in [0.2, 0.25) is 0 Å². The molecule has 0 saturated carbocycles. The van der Waals surface area contributed by atoms with Gasteiger partial charge in [-0.15, -0.1) is 0 Å². The van der Waals surface area contributed by atoms with Crippen LogP contribution in [0.1, 0.15) is 17.5 Å². The van der Waals surface area contributed by atoms with Crippen LogP contribution in [0.5, 0.6) is 0 Å². The maximum Gasteiger partial charge on any atom is 0.00945 e. The second-order valence-electron chi connectivity index (χ2n) is 4.55. The molecule has 1 saturated heterocycles. The van der Waals surface area contributed by atoms with Crippen LogP contribution in [-0.4, -0.2) is 19.1 Å². The molecule has 3 N–H and O–H groups in total. The molecular formula is C13H20N2. The van der Waals surface area contributed by atoms with Crippen molar-refractivity contribution < 1.29 is 0 Å². The van der Waals surface area contributed by atoms with E-state index in [-0.39, 0.29) is 0 Å². The number of rotatable bonds is 2. The van der Waals surface area contributed by atoms with Crippen molar-refractivity contribution >= 4 is 0 Å². The van der Waals surface area contributed by atoms with Gasteiger partial charge < -0.3 is 11.1 Å². The second kappa shape index (κ2) is 4.77. The third kappa shape index (κ3) is 2.58. The summed E-state index contributed by atoms with van der Waals surface area (Å²) < 4.78 is 0. The van der Waals surface area contributed by atoms with Crippen LogP contribution in [0.15, 0.2) is 24.3 Å². The Balaban J connectivity index is 2.04. The Morgan fingerprint density at radius 1 is 1.40 bits per heavy atom. The summed E-state index contributed by atoms with van der Waals surface area (Å²) in [5, 5.41) is 3.42. The minimum absolute atomic E-state index is 0.367. The van der Waals surface area contributed by atoms with Crippen LogP contribution in [-0.2, 0) is 6.42 Å². The number of hydrogen-bond donors (Lipinski definition) is 2. The predicted octanol–water partition coefficient (Wildman–Crippen LogP) is 1.47. The fraction of sp³-hybridized carbons (Fsp3) is 0.538. The van der Waals surface area contributed by atoms with E-state index >= 15 is 0 Å². The van der Waals surface area contributed by atoms with Gasteiger partial charge in [-0.1, -0.05) is 24.3 Å². The van der Waals surface area contributed by atoms with Crippen LogP contribution in [0.3, 0.4) is 0 Å². The minimum atomic E-state index is 0.367. The van der Waals surface area contributed by atoms with Crippen LogP contribution in [0.4, 0.5) is 0 Å². The molecule has 2 rings (SSSR count). The molecule has 1 fully saturated rings. The molecule has 0 aromatic heterocycles. The first-order valence-electron chi connectivity index (χ1n) is 5.78. The van der Waals surface area contributed by atoms with Gasteiger partial charge in [0.15, 0.2) is 0 Å². The van der Waals surface area contributed by atoms with Crippen LogP contribution in [0.25, 0.3) is 0 Å². The third-order valence-electron chi connectivity index (χ3n) is 3.41. The lowest BCUT2D eigenvalue weighted by molar-refractivity contribution is 0.324. The van der Waals surface area contributed by atoms with Gasteiger partial charge >= 0.3 is 0 Å². The molecule has 15 heavy (non-hydrogen) atoms. The molecule has 0 spiro atoms. The maximum atomic E-state index is 6.14. The molecule has 1 aromatic rings. The van der Waals surface area contributed by atoms with Crippen LogP contribution in [0, 0.1) is 12.8 Å². The molecule has 2 atom stereocenters. The number of hydrogen-bond acceptors (Lipinski definition) is 2. The van der Waals surface area contributed by atoms with Crippen molar-refractivity contribution in [2.75, 3.05) is 13.1 Å². The van der Waals surface area contributed by atoms with Gasteiger partial charge in [0.05, 0.1) is 0 Å². The lowest BCUT2D eigenvalue weighted by Gasteiger charge is -2.29. The zero-order valence-corrected chi connectivity index (χ0v) is 9.37. The second-order valence-corrected chi connectivity index (χ2v) is 4.55. The summed E-state index contributed by atoms with van der Waals surface area (Å²) >= 11 is 0. The molecule has 2 heteroatoms. The van der Waals surface area contributed by atoms with Crippen LogP contribution >= 0.6 is 0 Å². The van der Waals surface area contributed by atoms with Gasteiger partial charge in [0.1, 0.15) is 0 Å². The van der Waals surface area contributed by atoms with Crippen molar-refractivity contribution in [3.05, 3.63) is 35.4 Å². The van der Waals surface area contributed by atoms with E-state index in [1.54, 1.807) is 0 Å². The highest BCUT2D eigenvalue weighted by Crippen LogP contribution is 2.18. The van der Waals surface area contributed by atoms with Crippen molar-refractivity contribution in [2.45, 2.75) is 25.8 Å². The molecule has 0 amide bonds. The van der Waals surface area contributed by atoms with Crippen molar-refractivity contribution in [1.29, 1.82) is 0 Å². The number of nitrogens with one attached hydrogen (secondary N) is 1. The zero-order valence-electron chi connectivity index (χ0n) is 9.37. The van der Waals surface area contributed by atoms with Gasteiger partial charge in [-0.05, 0) is 49.9 Å². The quantitative estimate of drug-likeness (QED) is 0.765. The van der Waals surface area contributed by atoms with E-state index in [1.165, 1.54) is 11.1 Å². The summed E-state index contributed by atoms with van der Waals surface area (Å²) in [6, 6.07) is 8.97. The average Bonchev–Trinajstić information content (AvgIpc) is 2.24. The van der Waals surface area contributed by atoms with Crippen molar-refractivity contribution in [3.8, 4) is 0 Å². The number of benzene rings is 1. The highest BCUT2D eigenvalue weighted by Gasteiger charge is 2.21. The molecule has 0 aliphatic carbocycles. The molecule has 1 aromatic carbocycles. The summed E-state index contributed by atoms with van der Waals surface area (Å²) in [5.41, 5.74) is 8.97. The zero-order chi connectivity index (χ0) is 10.7. The molecule has 1 heterocycles. The first kappa shape index (κ1) is 10.7. The Morgan fingerprint density at radius 2 is 2.20 bits per heavy atom. The smallest absolute Gasteiger partial charge is 0.00945 e. The van der Waals surface area contributed by atoms with Gasteiger partial charge in [-0.25, -0.2) is 0 Å². The van der Waals surface area contributed by atoms with E-state index < -0.39 is 0 Å². The maximum absolute atomic E-state index is 6.14. The summed E-state index contributed by atoms with van der Waals surface area (Å²) in [6.07, 6.45) is 2.22. The van der Waals surface area contributed by atoms with Gasteiger partial charge in [0.2, 0.25) is 0 Å². The van der Waals surface area contributed by atoms with E-state index in [2.05, 4.69) is 36.5 Å².